The zero-order valence-corrected chi connectivity index (χ0v) is 18.2. The van der Waals surface area contributed by atoms with Gasteiger partial charge in [0, 0.05) is 32.0 Å². The van der Waals surface area contributed by atoms with Crippen LogP contribution in [0.4, 0.5) is 10.1 Å². The summed E-state index contributed by atoms with van der Waals surface area (Å²) in [6.07, 6.45) is 1.70. The Labute approximate surface area is 191 Å². The van der Waals surface area contributed by atoms with Gasteiger partial charge in [-0.15, -0.1) is 11.3 Å². The van der Waals surface area contributed by atoms with Crippen molar-refractivity contribution in [2.75, 3.05) is 5.32 Å². The smallest absolute Gasteiger partial charge is 0.256 e. The molecule has 0 saturated heterocycles. The number of fused-ring (bicyclic) bond motifs is 2. The van der Waals surface area contributed by atoms with Crippen molar-refractivity contribution in [2.45, 2.75) is 16.3 Å². The number of aromatic nitrogens is 1. The van der Waals surface area contributed by atoms with Crippen LogP contribution in [0.1, 0.15) is 25.6 Å². The van der Waals surface area contributed by atoms with Crippen LogP contribution in [-0.4, -0.2) is 16.8 Å². The first kappa shape index (κ1) is 20.4. The zero-order chi connectivity index (χ0) is 22.1. The number of rotatable bonds is 4. The highest BCUT2D eigenvalue weighted by Gasteiger charge is 2.20. The van der Waals surface area contributed by atoms with Gasteiger partial charge in [0.25, 0.3) is 11.8 Å². The minimum atomic E-state index is -0.294. The van der Waals surface area contributed by atoms with E-state index in [4.69, 9.17) is 0 Å². The topological polar surface area (TPSA) is 71.1 Å². The van der Waals surface area contributed by atoms with Gasteiger partial charge in [0.2, 0.25) is 0 Å². The number of amides is 2. The number of benzene rings is 3. The van der Waals surface area contributed by atoms with Gasteiger partial charge in [-0.05, 0) is 54.6 Å². The van der Waals surface area contributed by atoms with Crippen LogP contribution in [0, 0.1) is 5.82 Å². The van der Waals surface area contributed by atoms with Crippen LogP contribution in [0.2, 0.25) is 0 Å². The average Bonchev–Trinajstić information content (AvgIpc) is 3.23. The lowest BCUT2D eigenvalue weighted by atomic mass is 10.1. The summed E-state index contributed by atoms with van der Waals surface area (Å²) < 4.78 is 13.1. The van der Waals surface area contributed by atoms with Crippen LogP contribution in [0.5, 0.6) is 0 Å². The quantitative estimate of drug-likeness (QED) is 0.415. The van der Waals surface area contributed by atoms with E-state index in [0.717, 1.165) is 25.2 Å². The standard InChI is InChI=1S/C24H16FN3O2S2/c25-16-8-5-14(6-9-16)24-27-13-17(31-24)12-26-22(29)15-7-10-21-19(11-15)28-23(30)18-3-1-2-4-20(18)32-21/h1-11,13H,12H2,(H,26,29)(H,28,30). The molecular formula is C24H16FN3O2S2. The molecule has 158 valence electrons. The van der Waals surface area contributed by atoms with E-state index in [1.807, 2.05) is 24.3 Å². The van der Waals surface area contributed by atoms with E-state index >= 15 is 0 Å². The molecule has 0 spiro atoms. The molecular weight excluding hydrogens is 445 g/mol. The van der Waals surface area contributed by atoms with Crippen molar-refractivity contribution in [3.8, 4) is 10.6 Å². The summed E-state index contributed by atoms with van der Waals surface area (Å²) in [4.78, 5) is 32.3. The number of hydrogen-bond acceptors (Lipinski definition) is 5. The molecule has 0 aliphatic carbocycles. The Bertz CT molecular complexity index is 1340. The summed E-state index contributed by atoms with van der Waals surface area (Å²) in [6, 6.07) is 18.8. The SMILES string of the molecule is O=C(NCc1cnc(-c2ccc(F)cc2)s1)c1ccc2c(c1)NC(=O)c1ccccc1S2. The molecule has 0 saturated carbocycles. The van der Waals surface area contributed by atoms with Crippen molar-refractivity contribution in [1.29, 1.82) is 0 Å². The lowest BCUT2D eigenvalue weighted by molar-refractivity contribution is 0.0949. The highest BCUT2D eigenvalue weighted by atomic mass is 32.2. The van der Waals surface area contributed by atoms with Gasteiger partial charge in [-0.25, -0.2) is 9.37 Å². The number of nitrogens with one attached hydrogen (secondary N) is 2. The van der Waals surface area contributed by atoms with E-state index in [9.17, 15) is 14.0 Å². The van der Waals surface area contributed by atoms with E-state index in [1.54, 1.807) is 36.5 Å². The fourth-order valence-electron chi connectivity index (χ4n) is 3.29. The predicted molar refractivity (Wildman–Crippen MR) is 124 cm³/mol. The maximum atomic E-state index is 13.1. The van der Waals surface area contributed by atoms with E-state index in [1.165, 1.54) is 35.2 Å². The normalized spacial score (nSPS) is 12.3. The number of carbonyl (C=O) groups is 2. The molecule has 2 N–H and O–H groups in total. The van der Waals surface area contributed by atoms with Crippen LogP contribution in [0.25, 0.3) is 10.6 Å². The van der Waals surface area contributed by atoms with Crippen LogP contribution < -0.4 is 10.6 Å². The number of thiazole rings is 1. The Balaban J connectivity index is 1.28. The lowest BCUT2D eigenvalue weighted by Gasteiger charge is -2.09. The molecule has 0 unspecified atom stereocenters. The first-order valence-corrected chi connectivity index (χ1v) is 11.4. The molecule has 0 fully saturated rings. The Kier molecular flexibility index (Phi) is 5.46. The second-order valence-electron chi connectivity index (χ2n) is 7.08. The van der Waals surface area contributed by atoms with Gasteiger partial charge in [-0.3, -0.25) is 9.59 Å². The van der Waals surface area contributed by atoms with Crippen molar-refractivity contribution in [2.24, 2.45) is 0 Å². The molecule has 5 nitrogen and oxygen atoms in total. The third-order valence-electron chi connectivity index (χ3n) is 4.91. The molecule has 2 heterocycles. The minimum Gasteiger partial charge on any atom is -0.347 e. The first-order valence-electron chi connectivity index (χ1n) is 9.78. The number of nitrogens with zero attached hydrogens (tertiary/aromatic N) is 1. The molecule has 2 amide bonds. The van der Waals surface area contributed by atoms with E-state index < -0.39 is 0 Å². The minimum absolute atomic E-state index is 0.192. The summed E-state index contributed by atoms with van der Waals surface area (Å²) >= 11 is 2.93. The van der Waals surface area contributed by atoms with Gasteiger partial charge in [0.1, 0.15) is 10.8 Å². The van der Waals surface area contributed by atoms with E-state index in [2.05, 4.69) is 15.6 Å². The van der Waals surface area contributed by atoms with Gasteiger partial charge >= 0.3 is 0 Å². The number of hydrogen-bond donors (Lipinski definition) is 2. The predicted octanol–water partition coefficient (Wildman–Crippen LogP) is 5.60. The molecule has 3 aromatic carbocycles. The van der Waals surface area contributed by atoms with Gasteiger partial charge in [0.05, 0.1) is 17.8 Å². The molecule has 8 heteroatoms. The number of halogens is 1. The summed E-state index contributed by atoms with van der Waals surface area (Å²) in [5, 5.41) is 6.55. The van der Waals surface area contributed by atoms with Gasteiger partial charge in [-0.2, -0.15) is 0 Å². The molecule has 4 aromatic rings. The molecule has 1 aliphatic heterocycles. The Hall–Kier alpha value is -3.49. The van der Waals surface area contributed by atoms with Gasteiger partial charge in [-0.1, -0.05) is 23.9 Å². The summed E-state index contributed by atoms with van der Waals surface area (Å²) in [7, 11) is 0. The van der Waals surface area contributed by atoms with Crippen molar-refractivity contribution in [3.63, 3.8) is 0 Å². The van der Waals surface area contributed by atoms with Crippen molar-refractivity contribution in [1.82, 2.24) is 10.3 Å². The highest BCUT2D eigenvalue weighted by molar-refractivity contribution is 7.99. The lowest BCUT2D eigenvalue weighted by Crippen LogP contribution is -2.22. The largest absolute Gasteiger partial charge is 0.347 e. The molecule has 32 heavy (non-hydrogen) atoms. The van der Waals surface area contributed by atoms with Crippen LogP contribution >= 0.6 is 23.1 Å². The Morgan fingerprint density at radius 3 is 2.69 bits per heavy atom. The monoisotopic (exact) mass is 461 g/mol. The van der Waals surface area contributed by atoms with Crippen molar-refractivity contribution < 1.29 is 14.0 Å². The van der Waals surface area contributed by atoms with Crippen molar-refractivity contribution in [3.05, 3.63) is 94.7 Å². The second-order valence-corrected chi connectivity index (χ2v) is 9.28. The van der Waals surface area contributed by atoms with E-state index in [-0.39, 0.29) is 17.6 Å². The van der Waals surface area contributed by atoms with Crippen LogP contribution in [0.3, 0.4) is 0 Å². The third kappa shape index (κ3) is 4.15. The van der Waals surface area contributed by atoms with Gasteiger partial charge < -0.3 is 10.6 Å². The number of anilines is 1. The van der Waals surface area contributed by atoms with Gasteiger partial charge in [0.15, 0.2) is 0 Å². The molecule has 0 atom stereocenters. The zero-order valence-electron chi connectivity index (χ0n) is 16.6. The summed E-state index contributed by atoms with van der Waals surface area (Å²) in [5.41, 5.74) is 2.51. The average molecular weight is 462 g/mol. The molecule has 1 aromatic heterocycles. The molecule has 0 bridgehead atoms. The van der Waals surface area contributed by atoms with Crippen LogP contribution in [-0.2, 0) is 6.54 Å². The summed E-state index contributed by atoms with van der Waals surface area (Å²) in [5.74, 6) is -0.732. The number of carbonyl (C=O) groups excluding carboxylic acids is 2. The Morgan fingerprint density at radius 1 is 1.03 bits per heavy atom. The maximum absolute atomic E-state index is 13.1. The molecule has 5 rings (SSSR count). The Morgan fingerprint density at radius 2 is 1.84 bits per heavy atom. The second kappa shape index (κ2) is 8.57. The molecule has 1 aliphatic rings. The van der Waals surface area contributed by atoms with Crippen LogP contribution in [0.15, 0.2) is 82.7 Å². The summed E-state index contributed by atoms with van der Waals surface area (Å²) in [6.45, 7) is 0.321. The first-order chi connectivity index (χ1) is 15.6. The fourth-order valence-corrected chi connectivity index (χ4v) is 5.16. The fraction of sp³-hybridized carbons (Fsp3) is 0.0417. The third-order valence-corrected chi connectivity index (χ3v) is 7.11. The van der Waals surface area contributed by atoms with E-state index in [0.29, 0.717) is 23.4 Å². The van der Waals surface area contributed by atoms with Crippen molar-refractivity contribution >= 4 is 40.6 Å². The maximum Gasteiger partial charge on any atom is 0.256 e. The highest BCUT2D eigenvalue weighted by Crippen LogP contribution is 2.39. The molecule has 0 radical (unpaired) electrons.